The van der Waals surface area contributed by atoms with Gasteiger partial charge in [0.1, 0.15) is 24.0 Å². The number of amides is 2. The zero-order valence-corrected chi connectivity index (χ0v) is 13.6. The predicted molar refractivity (Wildman–Crippen MR) is 89.0 cm³/mol. The molecule has 0 aliphatic heterocycles. The van der Waals surface area contributed by atoms with Crippen LogP contribution in [0.3, 0.4) is 0 Å². The van der Waals surface area contributed by atoms with E-state index >= 15 is 0 Å². The Hall–Kier alpha value is -2.63. The molecule has 2 amide bonds. The number of nitrogens with one attached hydrogen (secondary N) is 2. The van der Waals surface area contributed by atoms with Crippen LogP contribution in [0, 0.1) is 17.6 Å². The predicted octanol–water partition coefficient (Wildman–Crippen LogP) is 4.32. The molecule has 4 nitrogen and oxygen atoms in total. The molecule has 0 spiro atoms. The molecule has 0 unspecified atom stereocenters. The van der Waals surface area contributed by atoms with Gasteiger partial charge in [-0.25, -0.2) is 13.6 Å². The Labute approximate surface area is 139 Å². The average molecular weight is 334 g/mol. The van der Waals surface area contributed by atoms with E-state index in [9.17, 15) is 13.6 Å². The van der Waals surface area contributed by atoms with E-state index in [1.54, 1.807) is 18.2 Å². The second-order valence-corrected chi connectivity index (χ2v) is 5.79. The Bertz CT molecular complexity index is 688. The molecule has 0 aromatic heterocycles. The van der Waals surface area contributed by atoms with Crippen LogP contribution in [0.15, 0.2) is 42.5 Å². The number of carbonyl (C=O) groups is 1. The topological polar surface area (TPSA) is 50.4 Å². The largest absolute Gasteiger partial charge is 0.489 e. The Morgan fingerprint density at radius 1 is 1.12 bits per heavy atom. The van der Waals surface area contributed by atoms with Crippen molar-refractivity contribution in [2.75, 3.05) is 11.9 Å². The fourth-order valence-electron chi connectivity index (χ4n) is 1.90. The first-order valence-electron chi connectivity index (χ1n) is 7.65. The van der Waals surface area contributed by atoms with Crippen LogP contribution in [-0.4, -0.2) is 12.6 Å². The van der Waals surface area contributed by atoms with Gasteiger partial charge in [0.05, 0.1) is 5.69 Å². The van der Waals surface area contributed by atoms with Crippen LogP contribution in [0.5, 0.6) is 5.75 Å². The van der Waals surface area contributed by atoms with Crippen molar-refractivity contribution in [2.45, 2.75) is 20.5 Å². The number of halogens is 2. The van der Waals surface area contributed by atoms with Crippen LogP contribution >= 0.6 is 0 Å². The van der Waals surface area contributed by atoms with Gasteiger partial charge in [-0.3, -0.25) is 0 Å². The van der Waals surface area contributed by atoms with Gasteiger partial charge in [0.2, 0.25) is 0 Å². The maximum Gasteiger partial charge on any atom is 0.319 e. The van der Waals surface area contributed by atoms with Gasteiger partial charge in [0.25, 0.3) is 0 Å². The van der Waals surface area contributed by atoms with Crippen molar-refractivity contribution in [3.63, 3.8) is 0 Å². The number of benzene rings is 2. The second-order valence-electron chi connectivity index (χ2n) is 5.79. The van der Waals surface area contributed by atoms with E-state index < -0.39 is 11.8 Å². The minimum absolute atomic E-state index is 0.0744. The summed E-state index contributed by atoms with van der Waals surface area (Å²) in [7, 11) is 0. The molecular weight excluding hydrogens is 314 g/mol. The standard InChI is InChI=1S/C18H20F2N2O2/c1-12(2)10-21-18(23)22-17-8-7-15(9-16(17)20)24-11-13-3-5-14(19)6-4-13/h3-9,12H,10-11H2,1-2H3,(H2,21,22,23). The van der Waals surface area contributed by atoms with Crippen molar-refractivity contribution < 1.29 is 18.3 Å². The van der Waals surface area contributed by atoms with E-state index in [-0.39, 0.29) is 18.1 Å². The summed E-state index contributed by atoms with van der Waals surface area (Å²) in [5, 5.41) is 5.10. The molecule has 128 valence electrons. The van der Waals surface area contributed by atoms with Crippen molar-refractivity contribution >= 4 is 11.7 Å². The van der Waals surface area contributed by atoms with Crippen molar-refractivity contribution in [1.29, 1.82) is 0 Å². The third kappa shape index (κ3) is 5.53. The molecular formula is C18H20F2N2O2. The third-order valence-electron chi connectivity index (χ3n) is 3.18. The summed E-state index contributed by atoms with van der Waals surface area (Å²) in [6.07, 6.45) is 0. The zero-order chi connectivity index (χ0) is 17.5. The quantitative estimate of drug-likeness (QED) is 0.826. The SMILES string of the molecule is CC(C)CNC(=O)Nc1ccc(OCc2ccc(F)cc2)cc1F. The van der Waals surface area contributed by atoms with Crippen LogP contribution in [0.25, 0.3) is 0 Å². The average Bonchev–Trinajstić information content (AvgIpc) is 2.55. The number of rotatable bonds is 6. The monoisotopic (exact) mass is 334 g/mol. The highest BCUT2D eigenvalue weighted by molar-refractivity contribution is 5.89. The lowest BCUT2D eigenvalue weighted by atomic mass is 10.2. The molecule has 0 aliphatic carbocycles. The lowest BCUT2D eigenvalue weighted by molar-refractivity contribution is 0.250. The molecule has 24 heavy (non-hydrogen) atoms. The van der Waals surface area contributed by atoms with Gasteiger partial charge in [-0.1, -0.05) is 26.0 Å². The van der Waals surface area contributed by atoms with Crippen LogP contribution in [0.4, 0.5) is 19.3 Å². The van der Waals surface area contributed by atoms with Crippen LogP contribution in [-0.2, 0) is 6.61 Å². The van der Waals surface area contributed by atoms with E-state index in [2.05, 4.69) is 10.6 Å². The van der Waals surface area contributed by atoms with Crippen molar-refractivity contribution in [3.8, 4) is 5.75 Å². The van der Waals surface area contributed by atoms with Gasteiger partial charge in [-0.15, -0.1) is 0 Å². The van der Waals surface area contributed by atoms with Gasteiger partial charge in [0, 0.05) is 12.6 Å². The summed E-state index contributed by atoms with van der Waals surface area (Å²) >= 11 is 0. The van der Waals surface area contributed by atoms with Crippen LogP contribution in [0.1, 0.15) is 19.4 Å². The number of hydrogen-bond acceptors (Lipinski definition) is 2. The van der Waals surface area contributed by atoms with Gasteiger partial charge < -0.3 is 15.4 Å². The Balaban J connectivity index is 1.91. The fraction of sp³-hybridized carbons (Fsp3) is 0.278. The normalized spacial score (nSPS) is 10.5. The van der Waals surface area contributed by atoms with Gasteiger partial charge >= 0.3 is 6.03 Å². The smallest absolute Gasteiger partial charge is 0.319 e. The summed E-state index contributed by atoms with van der Waals surface area (Å²) in [5.74, 6) is -0.282. The summed E-state index contributed by atoms with van der Waals surface area (Å²) < 4.78 is 32.3. The molecule has 0 aliphatic rings. The van der Waals surface area contributed by atoms with Gasteiger partial charge in [0.15, 0.2) is 0 Å². The molecule has 2 rings (SSSR count). The first kappa shape index (κ1) is 17.7. The molecule has 0 bridgehead atoms. The zero-order valence-electron chi connectivity index (χ0n) is 13.6. The molecule has 6 heteroatoms. The fourth-order valence-corrected chi connectivity index (χ4v) is 1.90. The maximum atomic E-state index is 14.0. The molecule has 0 heterocycles. The first-order chi connectivity index (χ1) is 11.4. The minimum atomic E-state index is -0.591. The highest BCUT2D eigenvalue weighted by atomic mass is 19.1. The first-order valence-corrected chi connectivity index (χ1v) is 7.65. The highest BCUT2D eigenvalue weighted by Crippen LogP contribution is 2.21. The second kappa shape index (κ2) is 8.29. The third-order valence-corrected chi connectivity index (χ3v) is 3.18. The molecule has 2 aromatic carbocycles. The summed E-state index contributed by atoms with van der Waals surface area (Å²) in [4.78, 5) is 11.6. The number of urea groups is 1. The Kier molecular flexibility index (Phi) is 6.12. The van der Waals surface area contributed by atoms with E-state index in [0.717, 1.165) is 5.56 Å². The Morgan fingerprint density at radius 3 is 2.46 bits per heavy atom. The molecule has 0 radical (unpaired) electrons. The van der Waals surface area contributed by atoms with Crippen molar-refractivity contribution in [3.05, 3.63) is 59.7 Å². The number of hydrogen-bond donors (Lipinski definition) is 2. The number of carbonyl (C=O) groups excluding carboxylic acids is 1. The van der Waals surface area contributed by atoms with E-state index in [0.29, 0.717) is 18.2 Å². The maximum absolute atomic E-state index is 14.0. The van der Waals surface area contributed by atoms with E-state index in [1.165, 1.54) is 24.3 Å². The summed E-state index contributed by atoms with van der Waals surface area (Å²) in [6.45, 7) is 4.63. The van der Waals surface area contributed by atoms with E-state index in [4.69, 9.17) is 4.74 Å². The molecule has 2 aromatic rings. The lowest BCUT2D eigenvalue weighted by Gasteiger charge is -2.11. The number of anilines is 1. The summed E-state index contributed by atoms with van der Waals surface area (Å²) in [5.41, 5.74) is 0.845. The minimum Gasteiger partial charge on any atom is -0.489 e. The van der Waals surface area contributed by atoms with Crippen molar-refractivity contribution in [2.24, 2.45) is 5.92 Å². The Morgan fingerprint density at radius 2 is 1.83 bits per heavy atom. The highest BCUT2D eigenvalue weighted by Gasteiger charge is 2.08. The van der Waals surface area contributed by atoms with Crippen molar-refractivity contribution in [1.82, 2.24) is 5.32 Å². The van der Waals surface area contributed by atoms with Crippen LogP contribution < -0.4 is 15.4 Å². The molecule has 2 N–H and O–H groups in total. The molecule has 0 fully saturated rings. The van der Waals surface area contributed by atoms with Crippen LogP contribution in [0.2, 0.25) is 0 Å². The van der Waals surface area contributed by atoms with Gasteiger partial charge in [-0.2, -0.15) is 0 Å². The van der Waals surface area contributed by atoms with E-state index in [1.807, 2.05) is 13.8 Å². The molecule has 0 saturated heterocycles. The number of ether oxygens (including phenoxy) is 1. The van der Waals surface area contributed by atoms with Gasteiger partial charge in [-0.05, 0) is 35.7 Å². The molecule has 0 saturated carbocycles. The summed E-state index contributed by atoms with van der Waals surface area (Å²) in [6, 6.07) is 9.60. The lowest BCUT2D eigenvalue weighted by Crippen LogP contribution is -2.31. The molecule has 0 atom stereocenters.